The number of nitrogens with zero attached hydrogens (tertiary/aromatic N) is 4. The van der Waals surface area contributed by atoms with E-state index >= 15 is 0 Å². The Hall–Kier alpha value is -2.74. The third-order valence-electron chi connectivity index (χ3n) is 3.83. The molecule has 0 radical (unpaired) electrons. The number of hydrogen-bond acceptors (Lipinski definition) is 8. The van der Waals surface area contributed by atoms with Gasteiger partial charge in [0, 0.05) is 14.1 Å². The number of carbonyl (C=O) groups is 1. The number of ether oxygens (including phenoxy) is 1. The highest BCUT2D eigenvalue weighted by atomic mass is 32.1. The topological polar surface area (TPSA) is 80.2 Å². The van der Waals surface area contributed by atoms with Crippen LogP contribution in [-0.2, 0) is 4.74 Å². The summed E-state index contributed by atoms with van der Waals surface area (Å²) in [6, 6.07) is 3.87. The molecule has 7 nitrogen and oxygen atoms in total. The van der Waals surface area contributed by atoms with Crippen molar-refractivity contribution in [3.05, 3.63) is 34.6 Å². The lowest BCUT2D eigenvalue weighted by Gasteiger charge is -2.12. The van der Waals surface area contributed by atoms with Crippen molar-refractivity contribution >= 4 is 44.8 Å². The Balaban J connectivity index is 2.03. The minimum Gasteiger partial charge on any atom is -0.462 e. The first-order valence-corrected chi connectivity index (χ1v) is 9.07. The molecule has 0 aliphatic rings. The van der Waals surface area contributed by atoms with Crippen LogP contribution in [0.15, 0.2) is 18.3 Å². The quantitative estimate of drug-likeness (QED) is 0.685. The lowest BCUT2D eigenvalue weighted by molar-refractivity contribution is 0.0531. The van der Waals surface area contributed by atoms with Crippen LogP contribution < -0.4 is 10.2 Å². The number of aryl methyl sites for hydroxylation is 2. The van der Waals surface area contributed by atoms with Gasteiger partial charge in [-0.2, -0.15) is 0 Å². The van der Waals surface area contributed by atoms with E-state index in [1.807, 2.05) is 45.0 Å². The normalized spacial score (nSPS) is 10.8. The number of esters is 1. The van der Waals surface area contributed by atoms with Crippen molar-refractivity contribution in [3.63, 3.8) is 0 Å². The second-order valence-corrected chi connectivity index (χ2v) is 7.00. The van der Waals surface area contributed by atoms with Gasteiger partial charge >= 0.3 is 5.97 Å². The van der Waals surface area contributed by atoms with Crippen molar-refractivity contribution in [1.82, 2.24) is 15.0 Å². The maximum Gasteiger partial charge on any atom is 0.348 e. The highest BCUT2D eigenvalue weighted by Gasteiger charge is 2.21. The summed E-state index contributed by atoms with van der Waals surface area (Å²) in [5, 5.41) is 4.14. The number of anilines is 3. The number of aromatic nitrogens is 3. The highest BCUT2D eigenvalue weighted by Crippen LogP contribution is 2.35. The van der Waals surface area contributed by atoms with Crippen LogP contribution in [-0.4, -0.2) is 41.6 Å². The largest absolute Gasteiger partial charge is 0.462 e. The number of nitrogens with one attached hydrogen (secondary N) is 1. The summed E-state index contributed by atoms with van der Waals surface area (Å²) >= 11 is 1.33. The van der Waals surface area contributed by atoms with E-state index in [4.69, 9.17) is 4.74 Å². The van der Waals surface area contributed by atoms with Crippen LogP contribution in [0, 0.1) is 13.8 Å². The van der Waals surface area contributed by atoms with E-state index in [1.54, 1.807) is 13.1 Å². The molecule has 0 aliphatic heterocycles. The van der Waals surface area contributed by atoms with Gasteiger partial charge in [0.1, 0.15) is 27.2 Å². The summed E-state index contributed by atoms with van der Waals surface area (Å²) in [5.74, 6) is 1.84. The van der Waals surface area contributed by atoms with Gasteiger partial charge in [-0.3, -0.25) is 0 Å². The van der Waals surface area contributed by atoms with Gasteiger partial charge in [0.25, 0.3) is 0 Å². The van der Waals surface area contributed by atoms with Crippen molar-refractivity contribution < 1.29 is 9.53 Å². The summed E-state index contributed by atoms with van der Waals surface area (Å²) < 4.78 is 5.15. The van der Waals surface area contributed by atoms with Gasteiger partial charge in [0.05, 0.1) is 23.9 Å². The maximum atomic E-state index is 12.2. The lowest BCUT2D eigenvalue weighted by atomic mass is 10.2. The smallest absolute Gasteiger partial charge is 0.348 e. The molecular formula is C18H21N5O2S. The Morgan fingerprint density at radius 3 is 2.65 bits per heavy atom. The second-order valence-electron chi connectivity index (χ2n) is 6.00. The summed E-state index contributed by atoms with van der Waals surface area (Å²) in [7, 11) is 3.89. The molecule has 0 aromatic carbocycles. The van der Waals surface area contributed by atoms with Crippen LogP contribution in [0.5, 0.6) is 0 Å². The van der Waals surface area contributed by atoms with Gasteiger partial charge in [-0.1, -0.05) is 0 Å². The molecule has 136 valence electrons. The van der Waals surface area contributed by atoms with Crippen LogP contribution in [0.25, 0.3) is 10.2 Å². The summed E-state index contributed by atoms with van der Waals surface area (Å²) in [6.45, 7) is 5.85. The fourth-order valence-corrected chi connectivity index (χ4v) is 3.71. The molecule has 0 aliphatic carbocycles. The van der Waals surface area contributed by atoms with Crippen molar-refractivity contribution in [2.45, 2.75) is 20.8 Å². The molecule has 0 fully saturated rings. The Kier molecular flexibility index (Phi) is 5.03. The third kappa shape index (κ3) is 3.45. The van der Waals surface area contributed by atoms with Gasteiger partial charge in [-0.05, 0) is 38.5 Å². The molecule has 0 saturated heterocycles. The number of pyridine rings is 1. The highest BCUT2D eigenvalue weighted by molar-refractivity contribution is 7.20. The van der Waals surface area contributed by atoms with E-state index in [0.29, 0.717) is 23.1 Å². The van der Waals surface area contributed by atoms with Crippen LogP contribution in [0.4, 0.5) is 17.3 Å². The van der Waals surface area contributed by atoms with Gasteiger partial charge < -0.3 is 15.0 Å². The van der Waals surface area contributed by atoms with Crippen molar-refractivity contribution in [3.8, 4) is 0 Å². The Morgan fingerprint density at radius 2 is 2.04 bits per heavy atom. The zero-order valence-electron chi connectivity index (χ0n) is 15.5. The minimum atomic E-state index is -0.325. The number of fused-ring (bicyclic) bond motifs is 1. The average Bonchev–Trinajstić information content (AvgIpc) is 2.92. The summed E-state index contributed by atoms with van der Waals surface area (Å²) in [6.07, 6.45) is 1.76. The van der Waals surface area contributed by atoms with Crippen LogP contribution in [0.3, 0.4) is 0 Å². The number of carbonyl (C=O) groups excluding carboxylic acids is 1. The standard InChI is InChI=1S/C18H21N5O2S/c1-6-25-18(24)15-10(2)14-16(20-11(3)21-17(14)26-15)22-12-7-8-13(19-9-12)23(4)5/h7-9H,6H2,1-5H3,(H,20,21,22). The van der Waals surface area contributed by atoms with Gasteiger partial charge in [-0.15, -0.1) is 11.3 Å². The fraction of sp³-hybridized carbons (Fsp3) is 0.333. The van der Waals surface area contributed by atoms with Crippen molar-refractivity contribution in [2.24, 2.45) is 0 Å². The molecule has 0 bridgehead atoms. The molecule has 3 rings (SSSR count). The van der Waals surface area contributed by atoms with E-state index < -0.39 is 0 Å². The Bertz CT molecular complexity index is 950. The van der Waals surface area contributed by atoms with Crippen molar-refractivity contribution in [1.29, 1.82) is 0 Å². The average molecular weight is 371 g/mol. The first-order valence-electron chi connectivity index (χ1n) is 8.26. The first-order chi connectivity index (χ1) is 12.4. The number of hydrogen-bond donors (Lipinski definition) is 1. The molecule has 3 aromatic heterocycles. The lowest BCUT2D eigenvalue weighted by Crippen LogP contribution is -2.10. The van der Waals surface area contributed by atoms with Crippen LogP contribution in [0.1, 0.15) is 28.0 Å². The Labute approximate surface area is 156 Å². The molecule has 8 heteroatoms. The predicted molar refractivity (Wildman–Crippen MR) is 105 cm³/mol. The molecule has 3 aromatic rings. The van der Waals surface area contributed by atoms with Crippen molar-refractivity contribution in [2.75, 3.05) is 30.9 Å². The fourth-order valence-electron chi connectivity index (χ4n) is 2.59. The molecule has 1 N–H and O–H groups in total. The second kappa shape index (κ2) is 7.25. The molecule has 0 amide bonds. The molecule has 3 heterocycles. The van der Waals surface area contributed by atoms with Crippen LogP contribution in [0.2, 0.25) is 0 Å². The van der Waals surface area contributed by atoms with Gasteiger partial charge in [0.2, 0.25) is 0 Å². The SMILES string of the molecule is CCOC(=O)c1sc2nc(C)nc(Nc3ccc(N(C)C)nc3)c2c1C. The monoisotopic (exact) mass is 371 g/mol. The molecule has 0 saturated carbocycles. The molecular weight excluding hydrogens is 350 g/mol. The zero-order valence-corrected chi connectivity index (χ0v) is 16.3. The first kappa shape index (κ1) is 18.1. The molecule has 26 heavy (non-hydrogen) atoms. The van der Waals surface area contributed by atoms with E-state index in [0.717, 1.165) is 27.3 Å². The summed E-state index contributed by atoms with van der Waals surface area (Å²) in [5.41, 5.74) is 1.64. The van der Waals surface area contributed by atoms with E-state index in [-0.39, 0.29) is 5.97 Å². The molecule has 0 unspecified atom stereocenters. The van der Waals surface area contributed by atoms with E-state index in [1.165, 1.54) is 11.3 Å². The van der Waals surface area contributed by atoms with E-state index in [2.05, 4.69) is 20.3 Å². The van der Waals surface area contributed by atoms with Gasteiger partial charge in [0.15, 0.2) is 0 Å². The maximum absolute atomic E-state index is 12.2. The zero-order chi connectivity index (χ0) is 18.8. The number of thiophene rings is 1. The van der Waals surface area contributed by atoms with Crippen LogP contribution >= 0.6 is 11.3 Å². The number of rotatable bonds is 5. The summed E-state index contributed by atoms with van der Waals surface area (Å²) in [4.78, 5) is 28.9. The predicted octanol–water partition coefficient (Wildman–Crippen LogP) is 3.69. The molecule has 0 atom stereocenters. The molecule has 0 spiro atoms. The minimum absolute atomic E-state index is 0.325. The van der Waals surface area contributed by atoms with Gasteiger partial charge in [-0.25, -0.2) is 19.7 Å². The van der Waals surface area contributed by atoms with E-state index in [9.17, 15) is 4.79 Å². The Morgan fingerprint density at radius 1 is 1.27 bits per heavy atom. The third-order valence-corrected chi connectivity index (χ3v) is 5.00.